The molecule has 0 bridgehead atoms. The van der Waals surface area contributed by atoms with E-state index in [2.05, 4.69) is 9.47 Å². The van der Waals surface area contributed by atoms with Gasteiger partial charge in [-0.25, -0.2) is 13.1 Å². The number of methoxy groups -OCH3 is 1. The van der Waals surface area contributed by atoms with E-state index in [1.54, 1.807) is 0 Å². The lowest BCUT2D eigenvalue weighted by Gasteiger charge is -2.13. The molecule has 1 atom stereocenters. The molecule has 0 radical (unpaired) electrons. The summed E-state index contributed by atoms with van der Waals surface area (Å²) in [5.41, 5.74) is 0. The molecule has 0 aliphatic heterocycles. The van der Waals surface area contributed by atoms with Crippen LogP contribution in [0.15, 0.2) is 0 Å². The molecule has 116 valence electrons. The Hall–Kier alpha value is -1.68. The van der Waals surface area contributed by atoms with Crippen LogP contribution < -0.4 is 4.72 Å². The predicted molar refractivity (Wildman–Crippen MR) is 66.2 cm³/mol. The summed E-state index contributed by atoms with van der Waals surface area (Å²) in [4.78, 5) is 32.9. The van der Waals surface area contributed by atoms with Crippen LogP contribution in [0, 0.1) is 0 Å². The summed E-state index contributed by atoms with van der Waals surface area (Å²) in [6, 6.07) is -1.52. The number of aliphatic carboxylic acids is 1. The first-order chi connectivity index (χ1) is 9.21. The van der Waals surface area contributed by atoms with Crippen molar-refractivity contribution in [3.05, 3.63) is 0 Å². The minimum absolute atomic E-state index is 0.0129. The van der Waals surface area contributed by atoms with Gasteiger partial charge in [-0.15, -0.1) is 0 Å². The molecule has 0 amide bonds. The first-order valence-electron chi connectivity index (χ1n) is 5.67. The number of carbonyl (C=O) groups excluding carboxylic acids is 2. The molecule has 10 heteroatoms. The van der Waals surface area contributed by atoms with Crippen LogP contribution in [0.4, 0.5) is 0 Å². The minimum atomic E-state index is -4.16. The van der Waals surface area contributed by atoms with Gasteiger partial charge in [0, 0.05) is 6.42 Å². The highest BCUT2D eigenvalue weighted by atomic mass is 32.2. The number of sulfonamides is 1. The SMILES string of the molecule is CCOC(=O)CS(=O)(=O)NC(CCC(=O)OC)C(=O)O. The van der Waals surface area contributed by atoms with Gasteiger partial charge in [0.2, 0.25) is 10.0 Å². The van der Waals surface area contributed by atoms with Crippen LogP contribution in [-0.4, -0.2) is 56.9 Å². The Morgan fingerprint density at radius 3 is 2.30 bits per heavy atom. The van der Waals surface area contributed by atoms with Crippen LogP contribution in [0.2, 0.25) is 0 Å². The van der Waals surface area contributed by atoms with Gasteiger partial charge in [-0.1, -0.05) is 0 Å². The number of rotatable bonds is 9. The van der Waals surface area contributed by atoms with Gasteiger partial charge in [0.15, 0.2) is 5.75 Å². The molecule has 0 saturated heterocycles. The van der Waals surface area contributed by atoms with E-state index in [1.165, 1.54) is 6.92 Å². The third-order valence-electron chi connectivity index (χ3n) is 2.10. The molecule has 0 aliphatic rings. The van der Waals surface area contributed by atoms with Crippen molar-refractivity contribution in [1.29, 1.82) is 0 Å². The molecule has 2 N–H and O–H groups in total. The van der Waals surface area contributed by atoms with E-state index < -0.39 is 39.7 Å². The van der Waals surface area contributed by atoms with Crippen molar-refractivity contribution < 1.29 is 37.4 Å². The molecule has 0 aliphatic carbocycles. The van der Waals surface area contributed by atoms with E-state index in [9.17, 15) is 22.8 Å². The van der Waals surface area contributed by atoms with E-state index in [1.807, 2.05) is 4.72 Å². The number of ether oxygens (including phenoxy) is 2. The third kappa shape index (κ3) is 7.69. The van der Waals surface area contributed by atoms with Crippen molar-refractivity contribution in [2.45, 2.75) is 25.8 Å². The Morgan fingerprint density at radius 2 is 1.85 bits per heavy atom. The van der Waals surface area contributed by atoms with Gasteiger partial charge in [0.25, 0.3) is 0 Å². The minimum Gasteiger partial charge on any atom is -0.480 e. The van der Waals surface area contributed by atoms with Crippen molar-refractivity contribution >= 4 is 27.9 Å². The van der Waals surface area contributed by atoms with Crippen LogP contribution in [0.5, 0.6) is 0 Å². The zero-order chi connectivity index (χ0) is 15.8. The fourth-order valence-electron chi connectivity index (χ4n) is 1.21. The van der Waals surface area contributed by atoms with Crippen LogP contribution in [0.3, 0.4) is 0 Å². The van der Waals surface area contributed by atoms with E-state index in [4.69, 9.17) is 5.11 Å². The smallest absolute Gasteiger partial charge is 0.322 e. The molecule has 0 spiro atoms. The highest BCUT2D eigenvalue weighted by Crippen LogP contribution is 2.02. The van der Waals surface area contributed by atoms with E-state index >= 15 is 0 Å². The summed E-state index contributed by atoms with van der Waals surface area (Å²) >= 11 is 0. The average molecular weight is 311 g/mol. The van der Waals surface area contributed by atoms with Gasteiger partial charge in [-0.2, -0.15) is 0 Å². The van der Waals surface area contributed by atoms with Crippen LogP contribution in [0.1, 0.15) is 19.8 Å². The quantitative estimate of drug-likeness (QED) is 0.511. The number of hydrogen-bond donors (Lipinski definition) is 2. The van der Waals surface area contributed by atoms with Crippen molar-refractivity contribution in [3.8, 4) is 0 Å². The number of nitrogens with one attached hydrogen (secondary N) is 1. The maximum atomic E-state index is 11.6. The number of carbonyl (C=O) groups is 3. The molecule has 0 aromatic heterocycles. The Balaban J connectivity index is 4.61. The molecule has 0 saturated carbocycles. The zero-order valence-corrected chi connectivity index (χ0v) is 11.9. The Bertz CT molecular complexity index is 458. The maximum absolute atomic E-state index is 11.6. The third-order valence-corrected chi connectivity index (χ3v) is 3.36. The van der Waals surface area contributed by atoms with Crippen LogP contribution >= 0.6 is 0 Å². The topological polar surface area (TPSA) is 136 Å². The molecular formula is C10H17NO8S. The van der Waals surface area contributed by atoms with Crippen molar-refractivity contribution in [3.63, 3.8) is 0 Å². The first kappa shape index (κ1) is 18.3. The summed E-state index contributed by atoms with van der Waals surface area (Å²) < 4.78 is 33.7. The second-order valence-electron chi connectivity index (χ2n) is 3.69. The van der Waals surface area contributed by atoms with Gasteiger partial charge >= 0.3 is 17.9 Å². The fourth-order valence-corrected chi connectivity index (χ4v) is 2.34. The second-order valence-corrected chi connectivity index (χ2v) is 5.44. The number of esters is 2. The van der Waals surface area contributed by atoms with Gasteiger partial charge in [-0.05, 0) is 13.3 Å². The highest BCUT2D eigenvalue weighted by Gasteiger charge is 2.27. The van der Waals surface area contributed by atoms with E-state index in [-0.39, 0.29) is 19.4 Å². The summed E-state index contributed by atoms with van der Waals surface area (Å²) in [7, 11) is -3.03. The standard InChI is InChI=1S/C10H17NO8S/c1-3-19-9(13)6-20(16,17)11-7(10(14)15)4-5-8(12)18-2/h7,11H,3-6H2,1-2H3,(H,14,15). The molecule has 1 unspecified atom stereocenters. The molecule has 0 fully saturated rings. The lowest BCUT2D eigenvalue weighted by molar-refractivity contribution is -0.143. The molecule has 0 aromatic rings. The highest BCUT2D eigenvalue weighted by molar-refractivity contribution is 7.90. The Morgan fingerprint density at radius 1 is 1.25 bits per heavy atom. The van der Waals surface area contributed by atoms with E-state index in [0.29, 0.717) is 0 Å². The molecule has 0 heterocycles. The molecule has 20 heavy (non-hydrogen) atoms. The Labute approximate surface area is 116 Å². The molecular weight excluding hydrogens is 294 g/mol. The van der Waals surface area contributed by atoms with Gasteiger partial charge in [0.1, 0.15) is 6.04 Å². The number of carboxylic acids is 1. The van der Waals surface area contributed by atoms with Crippen molar-refractivity contribution in [1.82, 2.24) is 4.72 Å². The van der Waals surface area contributed by atoms with Crippen LogP contribution in [-0.2, 0) is 33.9 Å². The lowest BCUT2D eigenvalue weighted by atomic mass is 10.2. The predicted octanol–water partition coefficient (Wildman–Crippen LogP) is -1.12. The molecule has 0 aromatic carbocycles. The summed E-state index contributed by atoms with van der Waals surface area (Å²) in [6.07, 6.45) is -0.556. The van der Waals surface area contributed by atoms with Crippen molar-refractivity contribution in [2.75, 3.05) is 19.5 Å². The summed E-state index contributed by atoms with van der Waals surface area (Å²) in [5.74, 6) is -4.10. The fraction of sp³-hybridized carbons (Fsp3) is 0.700. The maximum Gasteiger partial charge on any atom is 0.322 e. The van der Waals surface area contributed by atoms with E-state index in [0.717, 1.165) is 7.11 Å². The second kappa shape index (κ2) is 8.48. The zero-order valence-electron chi connectivity index (χ0n) is 11.1. The molecule has 9 nitrogen and oxygen atoms in total. The number of carboxylic acid groups (broad SMARTS) is 1. The largest absolute Gasteiger partial charge is 0.480 e. The average Bonchev–Trinajstić information content (AvgIpc) is 2.33. The van der Waals surface area contributed by atoms with Crippen molar-refractivity contribution in [2.24, 2.45) is 0 Å². The lowest BCUT2D eigenvalue weighted by Crippen LogP contribution is -2.43. The Kier molecular flexibility index (Phi) is 7.77. The van der Waals surface area contributed by atoms with Gasteiger partial charge in [0.05, 0.1) is 13.7 Å². The van der Waals surface area contributed by atoms with Gasteiger partial charge in [-0.3, -0.25) is 14.4 Å². The first-order valence-corrected chi connectivity index (χ1v) is 7.32. The monoisotopic (exact) mass is 311 g/mol. The normalized spacial score (nSPS) is 12.5. The summed E-state index contributed by atoms with van der Waals surface area (Å²) in [6.45, 7) is 1.52. The molecule has 0 rings (SSSR count). The number of hydrogen-bond acceptors (Lipinski definition) is 7. The van der Waals surface area contributed by atoms with Gasteiger partial charge < -0.3 is 14.6 Å². The van der Waals surface area contributed by atoms with Crippen LogP contribution in [0.25, 0.3) is 0 Å². The summed E-state index contributed by atoms with van der Waals surface area (Å²) in [5, 5.41) is 8.86.